The van der Waals surface area contributed by atoms with Crippen molar-refractivity contribution in [1.82, 2.24) is 10.2 Å². The van der Waals surface area contributed by atoms with Crippen LogP contribution in [-0.2, 0) is 9.59 Å². The van der Waals surface area contributed by atoms with E-state index in [-0.39, 0.29) is 35.2 Å². The number of nitrogens with one attached hydrogen (secondary N) is 1. The second-order valence-corrected chi connectivity index (χ2v) is 8.00. The van der Waals surface area contributed by atoms with Gasteiger partial charge in [0.15, 0.2) is 0 Å². The number of amides is 2. The lowest BCUT2D eigenvalue weighted by Gasteiger charge is -2.42. The highest BCUT2D eigenvalue weighted by molar-refractivity contribution is 5.97. The van der Waals surface area contributed by atoms with Crippen molar-refractivity contribution in [1.29, 1.82) is 0 Å². The van der Waals surface area contributed by atoms with E-state index in [1.165, 1.54) is 0 Å². The zero-order chi connectivity index (χ0) is 15.8. The van der Waals surface area contributed by atoms with Crippen LogP contribution in [0.5, 0.6) is 0 Å². The van der Waals surface area contributed by atoms with E-state index in [0.29, 0.717) is 12.5 Å². The first-order chi connectivity index (χ1) is 9.74. The van der Waals surface area contributed by atoms with E-state index in [1.54, 1.807) is 0 Å². The molecule has 21 heavy (non-hydrogen) atoms. The first kappa shape index (κ1) is 16.3. The number of hydrogen-bond acceptors (Lipinski definition) is 2. The van der Waals surface area contributed by atoms with Gasteiger partial charge in [0.2, 0.25) is 11.8 Å². The number of rotatable bonds is 5. The van der Waals surface area contributed by atoms with Gasteiger partial charge in [0.1, 0.15) is 12.1 Å². The Morgan fingerprint density at radius 1 is 1.29 bits per heavy atom. The summed E-state index contributed by atoms with van der Waals surface area (Å²) in [6.45, 7) is 11.4. The Balaban J connectivity index is 2.17. The van der Waals surface area contributed by atoms with Crippen molar-refractivity contribution in [2.75, 3.05) is 6.54 Å². The minimum atomic E-state index is -0.292. The fraction of sp³-hybridized carbons (Fsp3) is 0.882. The molecule has 0 bridgehead atoms. The Hall–Kier alpha value is -1.06. The smallest absolute Gasteiger partial charge is 0.246 e. The van der Waals surface area contributed by atoms with E-state index < -0.39 is 0 Å². The highest BCUT2D eigenvalue weighted by atomic mass is 16.2. The minimum absolute atomic E-state index is 0.0507. The third-order valence-corrected chi connectivity index (χ3v) is 4.83. The van der Waals surface area contributed by atoms with Gasteiger partial charge in [0.05, 0.1) is 0 Å². The molecule has 1 N–H and O–H groups in total. The molecule has 1 aliphatic heterocycles. The maximum absolute atomic E-state index is 12.8. The van der Waals surface area contributed by atoms with Crippen LogP contribution in [0.1, 0.15) is 60.3 Å². The molecule has 0 spiro atoms. The molecule has 0 aromatic carbocycles. The molecule has 1 saturated heterocycles. The molecule has 1 saturated carbocycles. The van der Waals surface area contributed by atoms with Crippen molar-refractivity contribution in [2.45, 2.75) is 72.4 Å². The van der Waals surface area contributed by atoms with Crippen LogP contribution in [0.15, 0.2) is 0 Å². The van der Waals surface area contributed by atoms with Crippen LogP contribution >= 0.6 is 0 Å². The van der Waals surface area contributed by atoms with Crippen molar-refractivity contribution in [2.24, 2.45) is 17.3 Å². The van der Waals surface area contributed by atoms with Gasteiger partial charge in [0, 0.05) is 6.54 Å². The molecule has 1 heterocycles. The van der Waals surface area contributed by atoms with E-state index in [1.807, 2.05) is 4.90 Å². The van der Waals surface area contributed by atoms with Crippen molar-refractivity contribution in [3.05, 3.63) is 0 Å². The second kappa shape index (κ2) is 5.98. The van der Waals surface area contributed by atoms with Gasteiger partial charge in [-0.25, -0.2) is 0 Å². The molecule has 0 aromatic heterocycles. The predicted octanol–water partition coefficient (Wildman–Crippen LogP) is 2.57. The van der Waals surface area contributed by atoms with Crippen LogP contribution in [0.4, 0.5) is 0 Å². The highest BCUT2D eigenvalue weighted by Gasteiger charge is 2.47. The van der Waals surface area contributed by atoms with Gasteiger partial charge < -0.3 is 10.2 Å². The molecule has 120 valence electrons. The molecule has 2 aliphatic rings. The Bertz CT molecular complexity index is 410. The Morgan fingerprint density at radius 2 is 1.90 bits per heavy atom. The van der Waals surface area contributed by atoms with E-state index in [0.717, 1.165) is 25.7 Å². The molecular weight excluding hydrogens is 264 g/mol. The fourth-order valence-electron chi connectivity index (χ4n) is 3.00. The molecule has 4 heteroatoms. The van der Waals surface area contributed by atoms with E-state index in [2.05, 4.69) is 39.9 Å². The summed E-state index contributed by atoms with van der Waals surface area (Å²) in [5.74, 6) is 0.770. The number of carbonyl (C=O) groups is 2. The van der Waals surface area contributed by atoms with E-state index >= 15 is 0 Å². The molecule has 2 amide bonds. The normalized spacial score (nSPS) is 28.5. The SMILES string of the molecule is CCC(C)C1C(=O)NC(C2CC2)C(=O)N1CCC(C)(C)C. The average Bonchev–Trinajstić information content (AvgIpc) is 3.21. The van der Waals surface area contributed by atoms with Crippen LogP contribution in [0.3, 0.4) is 0 Å². The summed E-state index contributed by atoms with van der Waals surface area (Å²) in [4.78, 5) is 27.2. The van der Waals surface area contributed by atoms with Gasteiger partial charge in [-0.1, -0.05) is 41.0 Å². The van der Waals surface area contributed by atoms with E-state index in [9.17, 15) is 9.59 Å². The summed E-state index contributed by atoms with van der Waals surface area (Å²) >= 11 is 0. The molecule has 3 atom stereocenters. The van der Waals surface area contributed by atoms with Gasteiger partial charge in [-0.05, 0) is 36.5 Å². The van der Waals surface area contributed by atoms with Gasteiger partial charge in [-0.2, -0.15) is 0 Å². The first-order valence-corrected chi connectivity index (χ1v) is 8.35. The number of piperazine rings is 1. The number of carbonyl (C=O) groups excluding carboxylic acids is 2. The van der Waals surface area contributed by atoms with Crippen LogP contribution in [0.25, 0.3) is 0 Å². The van der Waals surface area contributed by atoms with Crippen LogP contribution in [0, 0.1) is 17.3 Å². The zero-order valence-electron chi connectivity index (χ0n) is 14.1. The first-order valence-electron chi connectivity index (χ1n) is 8.35. The van der Waals surface area contributed by atoms with Gasteiger partial charge in [-0.15, -0.1) is 0 Å². The second-order valence-electron chi connectivity index (χ2n) is 8.00. The summed E-state index contributed by atoms with van der Waals surface area (Å²) in [5.41, 5.74) is 0.170. The summed E-state index contributed by atoms with van der Waals surface area (Å²) in [7, 11) is 0. The molecular formula is C17H30N2O2. The lowest BCUT2D eigenvalue weighted by Crippen LogP contribution is -2.65. The van der Waals surface area contributed by atoms with Crippen LogP contribution < -0.4 is 5.32 Å². The number of nitrogens with zero attached hydrogens (tertiary/aromatic N) is 1. The van der Waals surface area contributed by atoms with Crippen molar-refractivity contribution in [3.63, 3.8) is 0 Å². The summed E-state index contributed by atoms with van der Waals surface area (Å²) in [6.07, 6.45) is 3.97. The van der Waals surface area contributed by atoms with Gasteiger partial charge in [-0.3, -0.25) is 9.59 Å². The zero-order valence-corrected chi connectivity index (χ0v) is 14.1. The molecule has 0 radical (unpaired) electrons. The van der Waals surface area contributed by atoms with E-state index in [4.69, 9.17) is 0 Å². The third kappa shape index (κ3) is 3.78. The molecule has 1 aliphatic carbocycles. The molecule has 3 unspecified atom stereocenters. The summed E-state index contributed by atoms with van der Waals surface area (Å²) < 4.78 is 0. The lowest BCUT2D eigenvalue weighted by atomic mass is 9.88. The molecule has 0 aromatic rings. The minimum Gasteiger partial charge on any atom is -0.342 e. The van der Waals surface area contributed by atoms with Crippen molar-refractivity contribution < 1.29 is 9.59 Å². The summed E-state index contributed by atoms with van der Waals surface area (Å²) in [5, 5.41) is 2.99. The Kier molecular flexibility index (Phi) is 4.64. The third-order valence-electron chi connectivity index (χ3n) is 4.83. The Morgan fingerprint density at radius 3 is 2.38 bits per heavy atom. The standard InChI is InChI=1S/C17H30N2O2/c1-6-11(2)14-15(20)18-13(12-7-8-12)16(21)19(14)10-9-17(3,4)5/h11-14H,6-10H2,1-5H3,(H,18,20). The predicted molar refractivity (Wildman–Crippen MR) is 83.7 cm³/mol. The van der Waals surface area contributed by atoms with Crippen LogP contribution in [-0.4, -0.2) is 35.3 Å². The van der Waals surface area contributed by atoms with Crippen molar-refractivity contribution in [3.8, 4) is 0 Å². The topological polar surface area (TPSA) is 49.4 Å². The highest BCUT2D eigenvalue weighted by Crippen LogP contribution is 2.36. The molecule has 4 nitrogen and oxygen atoms in total. The maximum Gasteiger partial charge on any atom is 0.246 e. The Labute approximate surface area is 128 Å². The quantitative estimate of drug-likeness (QED) is 0.847. The maximum atomic E-state index is 12.8. The van der Waals surface area contributed by atoms with Crippen LogP contribution in [0.2, 0.25) is 0 Å². The average molecular weight is 294 g/mol. The van der Waals surface area contributed by atoms with Crippen molar-refractivity contribution >= 4 is 11.8 Å². The van der Waals surface area contributed by atoms with Gasteiger partial charge >= 0.3 is 0 Å². The number of hydrogen-bond donors (Lipinski definition) is 1. The lowest BCUT2D eigenvalue weighted by molar-refractivity contribution is -0.152. The molecule has 2 fully saturated rings. The summed E-state index contributed by atoms with van der Waals surface area (Å²) in [6, 6.07) is -0.558. The monoisotopic (exact) mass is 294 g/mol. The fourth-order valence-corrected chi connectivity index (χ4v) is 3.00. The largest absolute Gasteiger partial charge is 0.342 e. The van der Waals surface area contributed by atoms with Gasteiger partial charge in [0.25, 0.3) is 0 Å². The molecule has 2 rings (SSSR count).